The summed E-state index contributed by atoms with van der Waals surface area (Å²) < 4.78 is 7.44. The summed E-state index contributed by atoms with van der Waals surface area (Å²) in [6.45, 7) is 6.61. The average Bonchev–Trinajstić information content (AvgIpc) is 2.76. The van der Waals surface area contributed by atoms with Gasteiger partial charge in [0.05, 0.1) is 34.8 Å². The first kappa shape index (κ1) is 15.7. The van der Waals surface area contributed by atoms with Crippen molar-refractivity contribution >= 4 is 5.96 Å². The zero-order valence-electron chi connectivity index (χ0n) is 14.1. The number of methoxy groups -OCH3 is 1. The number of ether oxygens (including phenoxy) is 1. The highest BCUT2D eigenvalue weighted by Crippen LogP contribution is 2.22. The maximum atomic E-state index is 5.23. The van der Waals surface area contributed by atoms with Crippen LogP contribution < -0.4 is 4.74 Å². The summed E-state index contributed by atoms with van der Waals surface area (Å²) in [7, 11) is 8.15. The lowest BCUT2D eigenvalue weighted by Gasteiger charge is -2.18. The molecule has 0 aromatic heterocycles. The van der Waals surface area contributed by atoms with Gasteiger partial charge in [-0.15, -0.1) is 0 Å². The van der Waals surface area contributed by atoms with Crippen molar-refractivity contribution in [2.75, 3.05) is 34.8 Å². The van der Waals surface area contributed by atoms with E-state index < -0.39 is 0 Å². The molecule has 116 valence electrons. The van der Waals surface area contributed by atoms with Gasteiger partial charge >= 0.3 is 5.96 Å². The SMILES string of the molecule is COc1ccc(CN2C[C@@H](C(C)C)N(C)C2=[N+](C)C)cc1. The van der Waals surface area contributed by atoms with E-state index in [2.05, 4.69) is 61.5 Å². The molecule has 21 heavy (non-hydrogen) atoms. The third-order valence-corrected chi connectivity index (χ3v) is 4.21. The first-order chi connectivity index (χ1) is 9.93. The number of benzene rings is 1. The molecule has 0 radical (unpaired) electrons. The minimum absolute atomic E-state index is 0.570. The zero-order valence-corrected chi connectivity index (χ0v) is 14.1. The van der Waals surface area contributed by atoms with Gasteiger partial charge in [0, 0.05) is 0 Å². The number of hydrogen-bond donors (Lipinski definition) is 0. The van der Waals surface area contributed by atoms with Crippen molar-refractivity contribution in [1.29, 1.82) is 0 Å². The monoisotopic (exact) mass is 290 g/mol. The summed E-state index contributed by atoms with van der Waals surface area (Å²) in [5.41, 5.74) is 1.31. The molecule has 1 heterocycles. The second kappa shape index (κ2) is 6.37. The fourth-order valence-electron chi connectivity index (χ4n) is 3.14. The summed E-state index contributed by atoms with van der Waals surface area (Å²) in [5, 5.41) is 0. The van der Waals surface area contributed by atoms with Gasteiger partial charge in [0.15, 0.2) is 0 Å². The number of rotatable bonds is 4. The van der Waals surface area contributed by atoms with Gasteiger partial charge in [0.25, 0.3) is 0 Å². The molecule has 1 aromatic rings. The van der Waals surface area contributed by atoms with E-state index in [-0.39, 0.29) is 0 Å². The zero-order chi connectivity index (χ0) is 15.6. The van der Waals surface area contributed by atoms with Crippen molar-refractivity contribution in [2.45, 2.75) is 26.4 Å². The van der Waals surface area contributed by atoms with Gasteiger partial charge in [-0.3, -0.25) is 14.4 Å². The smallest absolute Gasteiger partial charge is 0.350 e. The van der Waals surface area contributed by atoms with Crippen LogP contribution in [0.15, 0.2) is 24.3 Å². The quantitative estimate of drug-likeness (QED) is 0.791. The molecule has 1 saturated heterocycles. The Balaban J connectivity index is 2.19. The van der Waals surface area contributed by atoms with Crippen molar-refractivity contribution in [3.8, 4) is 5.75 Å². The molecule has 0 aliphatic carbocycles. The van der Waals surface area contributed by atoms with E-state index in [9.17, 15) is 0 Å². The van der Waals surface area contributed by atoms with E-state index in [1.807, 2.05) is 12.1 Å². The Morgan fingerprint density at radius 3 is 2.33 bits per heavy atom. The first-order valence-electron chi connectivity index (χ1n) is 7.59. The molecule has 2 rings (SSSR count). The minimum Gasteiger partial charge on any atom is -0.497 e. The number of guanidine groups is 1. The predicted octanol–water partition coefficient (Wildman–Crippen LogP) is 2.10. The highest BCUT2D eigenvalue weighted by atomic mass is 16.5. The molecular formula is C17H28N3O+. The van der Waals surface area contributed by atoms with Gasteiger partial charge in [-0.05, 0) is 23.6 Å². The summed E-state index contributed by atoms with van der Waals surface area (Å²) in [4.78, 5) is 4.88. The third kappa shape index (κ3) is 3.31. The molecule has 1 atom stereocenters. The van der Waals surface area contributed by atoms with Gasteiger partial charge in [-0.25, -0.2) is 0 Å². The molecule has 1 fully saturated rings. The average molecular weight is 290 g/mol. The lowest BCUT2D eigenvalue weighted by atomic mass is 10.0. The van der Waals surface area contributed by atoms with E-state index in [0.717, 1.165) is 18.8 Å². The Hall–Kier alpha value is -1.71. The molecule has 4 nitrogen and oxygen atoms in total. The first-order valence-corrected chi connectivity index (χ1v) is 7.59. The van der Waals surface area contributed by atoms with E-state index >= 15 is 0 Å². The molecule has 1 aromatic carbocycles. The van der Waals surface area contributed by atoms with Crippen LogP contribution in [0.5, 0.6) is 5.75 Å². The molecule has 0 saturated carbocycles. The van der Waals surface area contributed by atoms with E-state index in [0.29, 0.717) is 12.0 Å². The van der Waals surface area contributed by atoms with Gasteiger partial charge in [-0.2, -0.15) is 0 Å². The van der Waals surface area contributed by atoms with Crippen LogP contribution in [0.25, 0.3) is 0 Å². The Morgan fingerprint density at radius 1 is 1.24 bits per heavy atom. The highest BCUT2D eigenvalue weighted by Gasteiger charge is 2.42. The fourth-order valence-corrected chi connectivity index (χ4v) is 3.14. The molecular weight excluding hydrogens is 262 g/mol. The van der Waals surface area contributed by atoms with Crippen molar-refractivity contribution in [1.82, 2.24) is 9.80 Å². The van der Waals surface area contributed by atoms with Crippen LogP contribution in [-0.2, 0) is 6.54 Å². The lowest BCUT2D eigenvalue weighted by molar-refractivity contribution is -0.475. The van der Waals surface area contributed by atoms with Crippen LogP contribution in [0.4, 0.5) is 0 Å². The van der Waals surface area contributed by atoms with Crippen molar-refractivity contribution in [3.05, 3.63) is 29.8 Å². The predicted molar refractivity (Wildman–Crippen MR) is 86.9 cm³/mol. The summed E-state index contributed by atoms with van der Waals surface area (Å²) in [5.74, 6) is 2.85. The Labute approximate surface area is 128 Å². The maximum absolute atomic E-state index is 5.23. The Kier molecular flexibility index (Phi) is 4.76. The molecule has 0 bridgehead atoms. The van der Waals surface area contributed by atoms with Crippen LogP contribution in [0.3, 0.4) is 0 Å². The van der Waals surface area contributed by atoms with Crippen LogP contribution in [-0.4, -0.2) is 61.2 Å². The fraction of sp³-hybridized carbons (Fsp3) is 0.588. The highest BCUT2D eigenvalue weighted by molar-refractivity contribution is 5.77. The standard InChI is InChI=1S/C17H28N3O/c1-13(2)16-12-20(17(18(3)4)19(16)5)11-14-7-9-15(21-6)10-8-14/h7-10,13,16H,11-12H2,1-6H3/q+1/t16-/m0/s1. The molecule has 4 heteroatoms. The lowest BCUT2D eigenvalue weighted by Crippen LogP contribution is -2.39. The number of likely N-dealkylation sites (N-methyl/N-ethyl adjacent to an activating group) is 1. The van der Waals surface area contributed by atoms with E-state index in [4.69, 9.17) is 4.74 Å². The normalized spacial score (nSPS) is 18.6. The molecule has 1 aliphatic heterocycles. The largest absolute Gasteiger partial charge is 0.497 e. The Morgan fingerprint density at radius 2 is 1.86 bits per heavy atom. The van der Waals surface area contributed by atoms with Crippen molar-refractivity contribution in [2.24, 2.45) is 5.92 Å². The molecule has 1 aliphatic rings. The van der Waals surface area contributed by atoms with Gasteiger partial charge in [0.1, 0.15) is 18.3 Å². The summed E-state index contributed by atoms with van der Waals surface area (Å²) in [6.07, 6.45) is 0. The minimum atomic E-state index is 0.570. The molecule has 0 spiro atoms. The molecule has 0 amide bonds. The summed E-state index contributed by atoms with van der Waals surface area (Å²) >= 11 is 0. The Bertz CT molecular complexity index is 503. The van der Waals surface area contributed by atoms with Crippen LogP contribution >= 0.6 is 0 Å². The second-order valence-electron chi connectivity index (χ2n) is 6.35. The van der Waals surface area contributed by atoms with Crippen molar-refractivity contribution < 1.29 is 9.31 Å². The van der Waals surface area contributed by atoms with Crippen molar-refractivity contribution in [3.63, 3.8) is 0 Å². The number of hydrogen-bond acceptors (Lipinski definition) is 1. The van der Waals surface area contributed by atoms with E-state index in [1.54, 1.807) is 7.11 Å². The maximum Gasteiger partial charge on any atom is 0.350 e. The second-order valence-corrected chi connectivity index (χ2v) is 6.35. The molecule has 0 N–H and O–H groups in total. The summed E-state index contributed by atoms with van der Waals surface area (Å²) in [6, 6.07) is 8.93. The molecule has 0 unspecified atom stereocenters. The topological polar surface area (TPSA) is 18.7 Å². The van der Waals surface area contributed by atoms with Crippen LogP contribution in [0, 0.1) is 5.92 Å². The van der Waals surface area contributed by atoms with E-state index in [1.165, 1.54) is 11.5 Å². The van der Waals surface area contributed by atoms with Crippen LogP contribution in [0.2, 0.25) is 0 Å². The van der Waals surface area contributed by atoms with Gasteiger partial charge in [0.2, 0.25) is 0 Å². The van der Waals surface area contributed by atoms with Gasteiger partial charge in [-0.1, -0.05) is 26.0 Å². The van der Waals surface area contributed by atoms with Gasteiger partial charge < -0.3 is 4.74 Å². The third-order valence-electron chi connectivity index (χ3n) is 4.21. The van der Waals surface area contributed by atoms with Crippen LogP contribution in [0.1, 0.15) is 19.4 Å². The number of nitrogens with zero attached hydrogens (tertiary/aromatic N) is 3.